The van der Waals surface area contributed by atoms with E-state index in [2.05, 4.69) is 46.5 Å². The van der Waals surface area contributed by atoms with E-state index in [0.717, 1.165) is 11.3 Å². The lowest BCUT2D eigenvalue weighted by atomic mass is 10.2. The van der Waals surface area contributed by atoms with Crippen molar-refractivity contribution in [1.29, 1.82) is 0 Å². The Labute approximate surface area is 138 Å². The summed E-state index contributed by atoms with van der Waals surface area (Å²) in [4.78, 5) is 0. The van der Waals surface area contributed by atoms with Gasteiger partial charge in [-0.1, -0.05) is 53.7 Å². The van der Waals surface area contributed by atoms with Gasteiger partial charge in [0.15, 0.2) is 0 Å². The van der Waals surface area contributed by atoms with Crippen LogP contribution in [0.15, 0.2) is 65.1 Å². The van der Waals surface area contributed by atoms with Crippen LogP contribution in [-0.2, 0) is 5.75 Å². The first-order chi connectivity index (χ1) is 11.2. The summed E-state index contributed by atoms with van der Waals surface area (Å²) in [7, 11) is 0. The number of nitrogens with zero attached hydrogens (tertiary/aromatic N) is 4. The third-order valence-corrected chi connectivity index (χ3v) is 4.19. The molecule has 0 fully saturated rings. The Balaban J connectivity index is 1.67. The molecule has 2 aromatic carbocycles. The molecule has 0 radical (unpaired) electrons. The molecule has 0 spiro atoms. The predicted molar refractivity (Wildman–Crippen MR) is 90.2 cm³/mol. The highest BCUT2D eigenvalue weighted by Gasteiger charge is 2.04. The summed E-state index contributed by atoms with van der Waals surface area (Å²) in [5.41, 5.74) is 3.28. The third-order valence-electron chi connectivity index (χ3n) is 3.19. The molecule has 0 aliphatic heterocycles. The quantitative estimate of drug-likeness (QED) is 0.527. The van der Waals surface area contributed by atoms with Crippen molar-refractivity contribution >= 4 is 18.0 Å². The summed E-state index contributed by atoms with van der Waals surface area (Å²) in [5.74, 6) is 0.534. The Hall–Kier alpha value is -2.47. The first-order valence-electron chi connectivity index (χ1n) is 7.09. The molecule has 0 saturated carbocycles. The van der Waals surface area contributed by atoms with Crippen LogP contribution in [0.2, 0.25) is 0 Å². The summed E-state index contributed by atoms with van der Waals surface area (Å²) in [5, 5.41) is 13.0. The summed E-state index contributed by atoms with van der Waals surface area (Å²) in [6, 6.07) is 14.5. The number of aromatic nitrogens is 3. The Morgan fingerprint density at radius 2 is 1.87 bits per heavy atom. The van der Waals surface area contributed by atoms with E-state index in [1.807, 2.05) is 0 Å². The number of aryl methyl sites for hydroxylation is 1. The highest BCUT2D eigenvalue weighted by atomic mass is 32.2. The molecule has 116 valence electrons. The van der Waals surface area contributed by atoms with Crippen LogP contribution in [0.4, 0.5) is 4.39 Å². The molecule has 1 heterocycles. The van der Waals surface area contributed by atoms with E-state index in [4.69, 9.17) is 0 Å². The lowest BCUT2D eigenvalue weighted by molar-refractivity contribution is 0.628. The van der Waals surface area contributed by atoms with Gasteiger partial charge in [0.1, 0.15) is 12.1 Å². The number of halogens is 1. The van der Waals surface area contributed by atoms with Gasteiger partial charge >= 0.3 is 0 Å². The van der Waals surface area contributed by atoms with Gasteiger partial charge in [-0.05, 0) is 30.2 Å². The lowest BCUT2D eigenvalue weighted by Crippen LogP contribution is -1.93. The van der Waals surface area contributed by atoms with Crippen molar-refractivity contribution in [3.05, 3.63) is 77.4 Å². The normalized spacial score (nSPS) is 11.2. The van der Waals surface area contributed by atoms with Crippen LogP contribution in [0.5, 0.6) is 0 Å². The second kappa shape index (κ2) is 7.19. The average Bonchev–Trinajstić information content (AvgIpc) is 3.01. The van der Waals surface area contributed by atoms with Crippen molar-refractivity contribution in [1.82, 2.24) is 14.9 Å². The first kappa shape index (κ1) is 15.4. The van der Waals surface area contributed by atoms with Gasteiger partial charge in [-0.25, -0.2) is 4.39 Å². The van der Waals surface area contributed by atoms with Crippen LogP contribution < -0.4 is 0 Å². The highest BCUT2D eigenvalue weighted by Crippen LogP contribution is 2.20. The monoisotopic (exact) mass is 326 g/mol. The molecule has 6 heteroatoms. The molecule has 0 N–H and O–H groups in total. The first-order valence-corrected chi connectivity index (χ1v) is 8.07. The van der Waals surface area contributed by atoms with E-state index in [1.165, 1.54) is 23.3 Å². The van der Waals surface area contributed by atoms with E-state index in [0.29, 0.717) is 5.16 Å². The van der Waals surface area contributed by atoms with Crippen LogP contribution in [0.1, 0.15) is 16.7 Å². The maximum atomic E-state index is 12.9. The van der Waals surface area contributed by atoms with Crippen LogP contribution in [-0.4, -0.2) is 21.1 Å². The van der Waals surface area contributed by atoms with Gasteiger partial charge in [0.25, 0.3) is 0 Å². The van der Waals surface area contributed by atoms with Crippen molar-refractivity contribution in [3.63, 3.8) is 0 Å². The van der Waals surface area contributed by atoms with Gasteiger partial charge in [-0.15, -0.1) is 10.2 Å². The van der Waals surface area contributed by atoms with E-state index >= 15 is 0 Å². The van der Waals surface area contributed by atoms with Gasteiger partial charge in [0.05, 0.1) is 6.21 Å². The van der Waals surface area contributed by atoms with Crippen molar-refractivity contribution in [2.45, 2.75) is 17.8 Å². The minimum absolute atomic E-state index is 0.263. The average molecular weight is 326 g/mol. The molecule has 1 aromatic heterocycles. The molecule has 3 aromatic rings. The maximum absolute atomic E-state index is 12.9. The second-order valence-corrected chi connectivity index (χ2v) is 5.97. The summed E-state index contributed by atoms with van der Waals surface area (Å²) < 4.78 is 14.5. The van der Waals surface area contributed by atoms with E-state index in [-0.39, 0.29) is 5.82 Å². The minimum atomic E-state index is -0.263. The number of thioether (sulfide) groups is 1. The van der Waals surface area contributed by atoms with E-state index in [1.54, 1.807) is 41.1 Å². The molecule has 0 aliphatic rings. The Morgan fingerprint density at radius 3 is 2.61 bits per heavy atom. The third kappa shape index (κ3) is 4.26. The van der Waals surface area contributed by atoms with Gasteiger partial charge in [0.2, 0.25) is 5.16 Å². The van der Waals surface area contributed by atoms with Crippen LogP contribution in [0, 0.1) is 12.7 Å². The number of hydrogen-bond acceptors (Lipinski definition) is 4. The van der Waals surface area contributed by atoms with E-state index < -0.39 is 0 Å². The largest absolute Gasteiger partial charge is 0.212 e. The smallest absolute Gasteiger partial charge is 0.207 e. The molecule has 0 bridgehead atoms. The van der Waals surface area contributed by atoms with E-state index in [9.17, 15) is 4.39 Å². The summed E-state index contributed by atoms with van der Waals surface area (Å²) in [6.45, 7) is 2.07. The molecular formula is C17H15FN4S. The summed E-state index contributed by atoms with van der Waals surface area (Å²) in [6.07, 6.45) is 3.20. The van der Waals surface area contributed by atoms with Crippen molar-refractivity contribution in [3.8, 4) is 0 Å². The predicted octanol–water partition coefficient (Wildman–Crippen LogP) is 3.90. The molecule has 0 atom stereocenters. The number of rotatable bonds is 5. The Bertz CT molecular complexity index is 794. The SMILES string of the molecule is Cc1ccc(CSc2nncn2/N=C/c2ccc(F)cc2)cc1. The lowest BCUT2D eigenvalue weighted by Gasteiger charge is -2.02. The number of hydrogen-bond donors (Lipinski definition) is 0. The van der Waals surface area contributed by atoms with Gasteiger partial charge < -0.3 is 0 Å². The minimum Gasteiger partial charge on any atom is -0.207 e. The zero-order valence-electron chi connectivity index (χ0n) is 12.6. The van der Waals surface area contributed by atoms with Crippen molar-refractivity contribution in [2.24, 2.45) is 5.10 Å². The molecular weight excluding hydrogens is 311 g/mol. The molecule has 0 saturated heterocycles. The van der Waals surface area contributed by atoms with Crippen molar-refractivity contribution < 1.29 is 4.39 Å². The van der Waals surface area contributed by atoms with Gasteiger partial charge in [0, 0.05) is 5.75 Å². The topological polar surface area (TPSA) is 43.1 Å². The highest BCUT2D eigenvalue weighted by molar-refractivity contribution is 7.98. The molecule has 0 aliphatic carbocycles. The number of benzene rings is 2. The molecule has 23 heavy (non-hydrogen) atoms. The van der Waals surface area contributed by atoms with Crippen LogP contribution in [0.3, 0.4) is 0 Å². The van der Waals surface area contributed by atoms with Gasteiger partial charge in [-0.2, -0.15) is 9.78 Å². The zero-order chi connectivity index (χ0) is 16.1. The summed E-state index contributed by atoms with van der Waals surface area (Å²) >= 11 is 1.57. The van der Waals surface area contributed by atoms with Gasteiger partial charge in [-0.3, -0.25) is 0 Å². The maximum Gasteiger partial charge on any atom is 0.212 e. The zero-order valence-corrected chi connectivity index (χ0v) is 13.4. The molecule has 4 nitrogen and oxygen atoms in total. The molecule has 3 rings (SSSR count). The molecule has 0 amide bonds. The standard InChI is InChI=1S/C17H15FN4S/c1-13-2-4-15(5-3-13)11-23-17-21-19-12-22(17)20-10-14-6-8-16(18)9-7-14/h2-10,12H,11H2,1H3/b20-10+. The Kier molecular flexibility index (Phi) is 4.83. The fourth-order valence-electron chi connectivity index (χ4n) is 1.90. The fraction of sp³-hybridized carbons (Fsp3) is 0.118. The molecule has 0 unspecified atom stereocenters. The van der Waals surface area contributed by atoms with Crippen LogP contribution in [0.25, 0.3) is 0 Å². The van der Waals surface area contributed by atoms with Crippen molar-refractivity contribution in [2.75, 3.05) is 0 Å². The van der Waals surface area contributed by atoms with Crippen LogP contribution >= 0.6 is 11.8 Å². The Morgan fingerprint density at radius 1 is 1.13 bits per heavy atom. The fourth-order valence-corrected chi connectivity index (χ4v) is 2.72. The second-order valence-electron chi connectivity index (χ2n) is 5.03.